The van der Waals surface area contributed by atoms with Crippen molar-refractivity contribution in [3.05, 3.63) is 41.6 Å². The number of likely N-dealkylation sites (tertiary alicyclic amines) is 1. The first-order valence-electron chi connectivity index (χ1n) is 9.03. The van der Waals surface area contributed by atoms with E-state index >= 15 is 0 Å². The fourth-order valence-corrected chi connectivity index (χ4v) is 3.74. The Labute approximate surface area is 152 Å². The van der Waals surface area contributed by atoms with Gasteiger partial charge >= 0.3 is 0 Å². The molecule has 0 aliphatic carbocycles. The lowest BCUT2D eigenvalue weighted by molar-refractivity contribution is -0.146. The molecule has 0 spiro atoms. The van der Waals surface area contributed by atoms with Gasteiger partial charge in [-0.05, 0) is 50.5 Å². The quantitative estimate of drug-likeness (QED) is 0.900. The van der Waals surface area contributed by atoms with Crippen LogP contribution in [0.2, 0.25) is 0 Å². The maximum Gasteiger partial charge on any atom is 0.266 e. The molecule has 26 heavy (non-hydrogen) atoms. The molecule has 0 saturated carbocycles. The highest BCUT2D eigenvalue weighted by molar-refractivity contribution is 5.91. The number of amides is 1. The molecule has 1 atom stereocenters. The van der Waals surface area contributed by atoms with Crippen LogP contribution in [0.3, 0.4) is 0 Å². The van der Waals surface area contributed by atoms with Gasteiger partial charge in [0.05, 0.1) is 16.8 Å². The molecule has 6 nitrogen and oxygen atoms in total. The van der Waals surface area contributed by atoms with E-state index < -0.39 is 11.7 Å². The zero-order chi connectivity index (χ0) is 18.3. The largest absolute Gasteiger partial charge is 0.385 e. The molecule has 0 bridgehead atoms. The van der Waals surface area contributed by atoms with Gasteiger partial charge in [0, 0.05) is 30.6 Å². The minimum atomic E-state index is -0.918. The molecule has 0 unspecified atom stereocenters. The standard InChI is InChI=1S/C20H23N3O3/c1-13-3-4-15-12-16(5-6-17(15)21-13)20(25)7-9-23(10-8-20)19(24)18-11-14(2)22-26-18/h3-6,12,18,25H,7-11H2,1-2H3/t18-/m1/s1. The van der Waals surface area contributed by atoms with Crippen LogP contribution in [0.25, 0.3) is 10.9 Å². The van der Waals surface area contributed by atoms with Crippen molar-refractivity contribution in [1.29, 1.82) is 0 Å². The molecule has 1 saturated heterocycles. The minimum Gasteiger partial charge on any atom is -0.385 e. The Kier molecular flexibility index (Phi) is 4.15. The highest BCUT2D eigenvalue weighted by atomic mass is 16.6. The number of carbonyl (C=O) groups is 1. The Bertz CT molecular complexity index is 885. The first kappa shape index (κ1) is 17.0. The monoisotopic (exact) mass is 353 g/mol. The van der Waals surface area contributed by atoms with Crippen molar-refractivity contribution in [2.24, 2.45) is 5.16 Å². The van der Waals surface area contributed by atoms with Gasteiger partial charge in [0.1, 0.15) is 0 Å². The zero-order valence-electron chi connectivity index (χ0n) is 15.1. The highest BCUT2D eigenvalue weighted by Crippen LogP contribution is 2.34. The van der Waals surface area contributed by atoms with E-state index in [2.05, 4.69) is 10.1 Å². The van der Waals surface area contributed by atoms with Crippen LogP contribution in [0.1, 0.15) is 37.4 Å². The van der Waals surface area contributed by atoms with Gasteiger partial charge in [0.2, 0.25) is 6.10 Å². The molecule has 0 radical (unpaired) electrons. The Morgan fingerprint density at radius 1 is 1.23 bits per heavy atom. The van der Waals surface area contributed by atoms with Gasteiger partial charge < -0.3 is 14.8 Å². The number of aromatic nitrogens is 1. The summed E-state index contributed by atoms with van der Waals surface area (Å²) in [5.74, 6) is -0.0363. The Hall–Kier alpha value is -2.47. The van der Waals surface area contributed by atoms with E-state index in [1.807, 2.05) is 44.2 Å². The third-order valence-corrected chi connectivity index (χ3v) is 5.36. The number of rotatable bonds is 2. The second kappa shape index (κ2) is 6.36. The normalized spacial score (nSPS) is 22.2. The summed E-state index contributed by atoms with van der Waals surface area (Å²) >= 11 is 0. The van der Waals surface area contributed by atoms with Crippen LogP contribution in [0.15, 0.2) is 35.5 Å². The van der Waals surface area contributed by atoms with Crippen molar-refractivity contribution in [3.63, 3.8) is 0 Å². The molecule has 1 fully saturated rings. The van der Waals surface area contributed by atoms with Gasteiger partial charge in [-0.1, -0.05) is 17.3 Å². The topological polar surface area (TPSA) is 75.0 Å². The van der Waals surface area contributed by atoms with Gasteiger partial charge in [0.15, 0.2) is 0 Å². The van der Waals surface area contributed by atoms with Gasteiger partial charge in [-0.15, -0.1) is 0 Å². The third kappa shape index (κ3) is 3.05. The highest BCUT2D eigenvalue weighted by Gasteiger charge is 2.38. The number of piperidine rings is 1. The molecule has 1 aromatic heterocycles. The predicted molar refractivity (Wildman–Crippen MR) is 98.8 cm³/mol. The summed E-state index contributed by atoms with van der Waals surface area (Å²) in [5, 5.41) is 16.0. The van der Waals surface area contributed by atoms with E-state index in [-0.39, 0.29) is 5.91 Å². The molecular formula is C20H23N3O3. The van der Waals surface area contributed by atoms with Crippen molar-refractivity contribution >= 4 is 22.5 Å². The van der Waals surface area contributed by atoms with Crippen molar-refractivity contribution in [3.8, 4) is 0 Å². The smallest absolute Gasteiger partial charge is 0.266 e. The Balaban J connectivity index is 1.47. The first-order valence-corrected chi connectivity index (χ1v) is 9.03. The lowest BCUT2D eigenvalue weighted by Gasteiger charge is -2.39. The van der Waals surface area contributed by atoms with E-state index in [0.717, 1.165) is 27.9 Å². The summed E-state index contributed by atoms with van der Waals surface area (Å²) in [6, 6.07) is 9.92. The van der Waals surface area contributed by atoms with Crippen LogP contribution in [-0.2, 0) is 15.2 Å². The molecule has 136 valence electrons. The Morgan fingerprint density at radius 3 is 2.69 bits per heavy atom. The van der Waals surface area contributed by atoms with E-state index in [4.69, 9.17) is 4.84 Å². The van der Waals surface area contributed by atoms with E-state index in [9.17, 15) is 9.90 Å². The van der Waals surface area contributed by atoms with Crippen LogP contribution in [-0.4, -0.2) is 45.8 Å². The van der Waals surface area contributed by atoms with Crippen molar-refractivity contribution in [1.82, 2.24) is 9.88 Å². The minimum absolute atomic E-state index is 0.0363. The van der Waals surface area contributed by atoms with Crippen LogP contribution in [0, 0.1) is 6.92 Å². The Morgan fingerprint density at radius 2 is 2.00 bits per heavy atom. The molecular weight excluding hydrogens is 330 g/mol. The summed E-state index contributed by atoms with van der Waals surface area (Å²) in [6.07, 6.45) is 1.07. The molecule has 2 aliphatic rings. The van der Waals surface area contributed by atoms with Crippen LogP contribution < -0.4 is 0 Å². The van der Waals surface area contributed by atoms with E-state index in [0.29, 0.717) is 32.4 Å². The first-order chi connectivity index (χ1) is 12.4. The molecule has 3 heterocycles. The summed E-state index contributed by atoms with van der Waals surface area (Å²) in [5.41, 5.74) is 2.72. The summed E-state index contributed by atoms with van der Waals surface area (Å²) in [7, 11) is 0. The SMILES string of the molecule is CC1=NO[C@@H](C(=O)N2CCC(O)(c3ccc4nc(C)ccc4c3)CC2)C1. The average Bonchev–Trinajstić information content (AvgIpc) is 3.07. The van der Waals surface area contributed by atoms with Gasteiger partial charge in [-0.3, -0.25) is 9.78 Å². The molecule has 1 N–H and O–H groups in total. The number of hydrogen-bond acceptors (Lipinski definition) is 5. The number of aryl methyl sites for hydroxylation is 1. The van der Waals surface area contributed by atoms with Crippen LogP contribution in [0.4, 0.5) is 0 Å². The molecule has 1 amide bonds. The number of benzene rings is 1. The number of hydrogen-bond donors (Lipinski definition) is 1. The van der Waals surface area contributed by atoms with Crippen LogP contribution >= 0.6 is 0 Å². The second-order valence-electron chi connectivity index (χ2n) is 7.34. The maximum atomic E-state index is 12.5. The molecule has 2 aromatic rings. The lowest BCUT2D eigenvalue weighted by atomic mass is 9.83. The lowest BCUT2D eigenvalue weighted by Crippen LogP contribution is -2.48. The van der Waals surface area contributed by atoms with Gasteiger partial charge in [-0.25, -0.2) is 0 Å². The van der Waals surface area contributed by atoms with E-state index in [1.165, 1.54) is 0 Å². The van der Waals surface area contributed by atoms with Gasteiger partial charge in [0.25, 0.3) is 5.91 Å². The second-order valence-corrected chi connectivity index (χ2v) is 7.34. The van der Waals surface area contributed by atoms with Crippen LogP contribution in [0.5, 0.6) is 0 Å². The molecule has 4 rings (SSSR count). The summed E-state index contributed by atoms with van der Waals surface area (Å²) < 4.78 is 0. The third-order valence-electron chi connectivity index (χ3n) is 5.36. The number of nitrogens with zero attached hydrogens (tertiary/aromatic N) is 3. The van der Waals surface area contributed by atoms with E-state index in [1.54, 1.807) is 4.90 Å². The van der Waals surface area contributed by atoms with Crippen molar-refractivity contribution in [2.45, 2.75) is 44.8 Å². The number of fused-ring (bicyclic) bond motifs is 1. The summed E-state index contributed by atoms with van der Waals surface area (Å²) in [4.78, 5) is 24.0. The number of carbonyl (C=O) groups excluding carboxylic acids is 1. The van der Waals surface area contributed by atoms with Crippen molar-refractivity contribution < 1.29 is 14.7 Å². The molecule has 6 heteroatoms. The fourth-order valence-electron chi connectivity index (χ4n) is 3.74. The van der Waals surface area contributed by atoms with Crippen molar-refractivity contribution in [2.75, 3.05) is 13.1 Å². The zero-order valence-corrected chi connectivity index (χ0v) is 15.1. The number of oxime groups is 1. The molecule has 2 aliphatic heterocycles. The number of pyridine rings is 1. The summed E-state index contributed by atoms with van der Waals surface area (Å²) in [6.45, 7) is 4.85. The van der Waals surface area contributed by atoms with Gasteiger partial charge in [-0.2, -0.15) is 0 Å². The predicted octanol–water partition coefficient (Wildman–Crippen LogP) is 2.52. The maximum absolute atomic E-state index is 12.5. The number of aliphatic hydroxyl groups is 1. The fraction of sp³-hybridized carbons (Fsp3) is 0.450. The average molecular weight is 353 g/mol. The molecule has 1 aromatic carbocycles.